The largest absolute Gasteiger partial charge is 0.412 e. The van der Waals surface area contributed by atoms with Gasteiger partial charge in [-0.15, -0.1) is 12.4 Å². The van der Waals surface area contributed by atoms with Crippen LogP contribution in [0.3, 0.4) is 0 Å². The molecule has 0 bridgehead atoms. The van der Waals surface area contributed by atoms with E-state index in [0.29, 0.717) is 5.56 Å². The normalized spacial score (nSPS) is 10.1. The summed E-state index contributed by atoms with van der Waals surface area (Å²) in [5.41, 5.74) is 7.14. The molecule has 148 valence electrons. The zero-order valence-corrected chi connectivity index (χ0v) is 16.6. The van der Waals surface area contributed by atoms with Crippen LogP contribution < -0.4 is 5.32 Å². The second kappa shape index (κ2) is 8.62. The second-order valence-corrected chi connectivity index (χ2v) is 6.49. The maximum absolute atomic E-state index is 9.03. The average Bonchev–Trinajstić information content (AvgIpc) is 3.23. The number of hydrogen-bond donors (Lipinski definition) is 2. The minimum atomic E-state index is 0. The van der Waals surface area contributed by atoms with Crippen molar-refractivity contribution in [1.82, 2.24) is 15.0 Å². The number of aromatic amines is 1. The van der Waals surface area contributed by atoms with Crippen molar-refractivity contribution in [2.24, 2.45) is 0 Å². The lowest BCUT2D eigenvalue weighted by Crippen LogP contribution is -1.96. The Balaban J connectivity index is 0.00000128. The number of pyridine rings is 1. The van der Waals surface area contributed by atoms with Crippen molar-refractivity contribution in [2.45, 2.75) is 0 Å². The molecule has 0 saturated heterocycles. The number of nitriles is 1. The number of imidazole rings is 1. The van der Waals surface area contributed by atoms with Gasteiger partial charge in [-0.2, -0.15) is 5.26 Å². The van der Waals surface area contributed by atoms with Gasteiger partial charge < -0.3 is 15.8 Å². The number of fused-ring (bicyclic) bond motifs is 3. The van der Waals surface area contributed by atoms with Crippen LogP contribution in [0.15, 0.2) is 79.1 Å². The van der Waals surface area contributed by atoms with Crippen LogP contribution in [0.2, 0.25) is 0 Å². The average molecular weight is 416 g/mol. The van der Waals surface area contributed by atoms with Crippen molar-refractivity contribution in [3.63, 3.8) is 0 Å². The predicted octanol–water partition coefficient (Wildman–Crippen LogP) is 4.99. The van der Waals surface area contributed by atoms with Gasteiger partial charge in [0.1, 0.15) is 0 Å². The fourth-order valence-corrected chi connectivity index (χ4v) is 3.38. The van der Waals surface area contributed by atoms with E-state index in [1.165, 1.54) is 0 Å². The molecule has 0 spiro atoms. The first-order chi connectivity index (χ1) is 13.8. The van der Waals surface area contributed by atoms with E-state index in [1.807, 2.05) is 54.6 Å². The Morgan fingerprint density at radius 2 is 1.63 bits per heavy atom. The quantitative estimate of drug-likeness (QED) is 0.432. The van der Waals surface area contributed by atoms with E-state index in [-0.39, 0.29) is 17.9 Å². The molecule has 2 aromatic heterocycles. The fourth-order valence-electron chi connectivity index (χ4n) is 3.38. The number of hydrogen-bond acceptors (Lipinski definition) is 4. The number of benzene rings is 3. The van der Waals surface area contributed by atoms with Crippen molar-refractivity contribution in [3.05, 3.63) is 84.7 Å². The summed E-state index contributed by atoms with van der Waals surface area (Å²) in [5, 5.41) is 13.5. The van der Waals surface area contributed by atoms with Gasteiger partial charge in [0.2, 0.25) is 0 Å². The number of rotatable bonds is 3. The molecule has 5 rings (SSSR count). The van der Waals surface area contributed by atoms with Gasteiger partial charge >= 0.3 is 0 Å². The Bertz CT molecular complexity index is 1340. The molecule has 0 radical (unpaired) electrons. The predicted molar refractivity (Wildman–Crippen MR) is 122 cm³/mol. The highest BCUT2D eigenvalue weighted by Gasteiger charge is 2.12. The molecule has 0 aliphatic carbocycles. The molecule has 0 aliphatic heterocycles. The summed E-state index contributed by atoms with van der Waals surface area (Å²) in [5.74, 6) is 0. The molecule has 7 heteroatoms. The Kier molecular flexibility index (Phi) is 5.98. The Morgan fingerprint density at radius 1 is 0.900 bits per heavy atom. The fraction of sp³-hybridized carbons (Fsp3) is 0. The van der Waals surface area contributed by atoms with E-state index in [2.05, 4.69) is 27.4 Å². The second-order valence-electron chi connectivity index (χ2n) is 6.49. The van der Waals surface area contributed by atoms with Gasteiger partial charge in [0.05, 0.1) is 45.9 Å². The molecule has 0 atom stereocenters. The molecule has 0 unspecified atom stereocenters. The lowest BCUT2D eigenvalue weighted by molar-refractivity contribution is 0.824. The molecular formula is C23H18ClN5O. The van der Waals surface area contributed by atoms with Crippen LogP contribution in [0.4, 0.5) is 11.4 Å². The highest BCUT2D eigenvalue weighted by molar-refractivity contribution is 6.10. The smallest absolute Gasteiger partial charge is 0.0991 e. The lowest BCUT2D eigenvalue weighted by Gasteiger charge is -2.13. The SMILES string of the molecule is Cl.N#Cc1ccc(Nc2cc(-c3ccccc3)nc3ccc4nc[nH]c4c23)cc1.O. The molecule has 3 aromatic carbocycles. The van der Waals surface area contributed by atoms with Crippen LogP contribution in [0.25, 0.3) is 33.2 Å². The van der Waals surface area contributed by atoms with Gasteiger partial charge in [-0.3, -0.25) is 0 Å². The van der Waals surface area contributed by atoms with E-state index in [9.17, 15) is 0 Å². The topological polar surface area (TPSA) is 109 Å². The standard InChI is InChI=1S/C23H15N5.ClH.H2O/c24-13-15-6-8-17(9-7-15)27-21-12-20(16-4-2-1-3-5-16)28-18-10-11-19-23(22(18)21)26-14-25-19;;/h1-12,14H,(H,25,26)(H,27,28);1H;1H2. The summed E-state index contributed by atoms with van der Waals surface area (Å²) in [6.45, 7) is 0. The van der Waals surface area contributed by atoms with Gasteiger partial charge in [-0.1, -0.05) is 30.3 Å². The van der Waals surface area contributed by atoms with Gasteiger partial charge in [-0.05, 0) is 42.5 Å². The third kappa shape index (κ3) is 3.67. The number of anilines is 2. The zero-order valence-electron chi connectivity index (χ0n) is 15.8. The van der Waals surface area contributed by atoms with Crippen LogP contribution in [0.5, 0.6) is 0 Å². The van der Waals surface area contributed by atoms with E-state index in [4.69, 9.17) is 10.2 Å². The van der Waals surface area contributed by atoms with Crippen molar-refractivity contribution in [2.75, 3.05) is 5.32 Å². The maximum Gasteiger partial charge on any atom is 0.0991 e. The molecule has 6 nitrogen and oxygen atoms in total. The molecular weight excluding hydrogens is 398 g/mol. The number of aromatic nitrogens is 3. The summed E-state index contributed by atoms with van der Waals surface area (Å²) >= 11 is 0. The first-order valence-corrected chi connectivity index (χ1v) is 8.91. The van der Waals surface area contributed by atoms with Crippen molar-refractivity contribution < 1.29 is 5.48 Å². The Labute approximate surface area is 178 Å². The summed E-state index contributed by atoms with van der Waals surface area (Å²) < 4.78 is 0. The third-order valence-electron chi connectivity index (χ3n) is 4.73. The summed E-state index contributed by atoms with van der Waals surface area (Å²) in [7, 11) is 0. The van der Waals surface area contributed by atoms with Gasteiger partial charge in [0.25, 0.3) is 0 Å². The molecule has 0 fully saturated rings. The number of H-pyrrole nitrogens is 1. The van der Waals surface area contributed by atoms with Crippen LogP contribution in [0.1, 0.15) is 5.56 Å². The molecule has 2 heterocycles. The van der Waals surface area contributed by atoms with Crippen molar-refractivity contribution in [1.29, 1.82) is 5.26 Å². The molecule has 0 saturated carbocycles. The summed E-state index contributed by atoms with van der Waals surface area (Å²) in [6.07, 6.45) is 1.70. The molecule has 0 amide bonds. The monoisotopic (exact) mass is 415 g/mol. The Morgan fingerprint density at radius 3 is 2.37 bits per heavy atom. The summed E-state index contributed by atoms with van der Waals surface area (Å²) in [6, 6.07) is 25.7. The van der Waals surface area contributed by atoms with Crippen LogP contribution in [-0.2, 0) is 0 Å². The summed E-state index contributed by atoms with van der Waals surface area (Å²) in [4.78, 5) is 12.5. The van der Waals surface area contributed by atoms with E-state index < -0.39 is 0 Å². The van der Waals surface area contributed by atoms with Crippen molar-refractivity contribution in [3.8, 4) is 17.3 Å². The van der Waals surface area contributed by atoms with Crippen molar-refractivity contribution >= 4 is 45.7 Å². The van der Waals surface area contributed by atoms with E-state index in [0.717, 1.165) is 44.6 Å². The maximum atomic E-state index is 9.03. The minimum absolute atomic E-state index is 0. The van der Waals surface area contributed by atoms with Gasteiger partial charge in [-0.25, -0.2) is 9.97 Å². The van der Waals surface area contributed by atoms with Crippen LogP contribution >= 0.6 is 12.4 Å². The first kappa shape index (κ1) is 20.8. The number of nitrogens with one attached hydrogen (secondary N) is 2. The lowest BCUT2D eigenvalue weighted by atomic mass is 10.1. The highest BCUT2D eigenvalue weighted by Crippen LogP contribution is 2.34. The molecule has 5 aromatic rings. The molecule has 4 N–H and O–H groups in total. The van der Waals surface area contributed by atoms with Gasteiger partial charge in [0, 0.05) is 16.6 Å². The Hall–Kier alpha value is -3.92. The first-order valence-electron chi connectivity index (χ1n) is 8.91. The van der Waals surface area contributed by atoms with E-state index >= 15 is 0 Å². The number of halogens is 1. The minimum Gasteiger partial charge on any atom is -0.412 e. The van der Waals surface area contributed by atoms with E-state index in [1.54, 1.807) is 18.5 Å². The zero-order chi connectivity index (χ0) is 18.9. The number of nitrogens with zero attached hydrogens (tertiary/aromatic N) is 3. The molecule has 0 aliphatic rings. The molecule has 30 heavy (non-hydrogen) atoms. The van der Waals surface area contributed by atoms with Crippen LogP contribution in [-0.4, -0.2) is 20.4 Å². The highest BCUT2D eigenvalue weighted by atomic mass is 35.5. The van der Waals surface area contributed by atoms with Gasteiger partial charge in [0.15, 0.2) is 0 Å². The van der Waals surface area contributed by atoms with Crippen LogP contribution in [0, 0.1) is 11.3 Å². The third-order valence-corrected chi connectivity index (χ3v) is 4.73.